The van der Waals surface area contributed by atoms with Gasteiger partial charge in [-0.15, -0.1) is 0 Å². The number of amides is 1. The average Bonchev–Trinajstić information content (AvgIpc) is 2.79. The number of carbonyl (C=O) groups excluding carboxylic acids is 1. The van der Waals surface area contributed by atoms with Crippen LogP contribution in [-0.4, -0.2) is 51.9 Å². The Hall–Kier alpha value is -3.42. The van der Waals surface area contributed by atoms with E-state index < -0.39 is 23.1 Å². The van der Waals surface area contributed by atoms with E-state index in [1.807, 2.05) is 25.1 Å². The van der Waals surface area contributed by atoms with Crippen molar-refractivity contribution in [1.82, 2.24) is 19.9 Å². The smallest absolute Gasteiger partial charge is 0.259 e. The lowest BCUT2D eigenvalue weighted by molar-refractivity contribution is 0.0736. The molecule has 2 aromatic heterocycles. The Morgan fingerprint density at radius 2 is 1.67 bits per heavy atom. The highest BCUT2D eigenvalue weighted by Crippen LogP contribution is 2.22. The Bertz CT molecular complexity index is 1030. The summed E-state index contributed by atoms with van der Waals surface area (Å²) in [6.07, 6.45) is 4.16. The zero-order valence-electron chi connectivity index (χ0n) is 16.6. The molecule has 0 aliphatic carbocycles. The summed E-state index contributed by atoms with van der Waals surface area (Å²) in [5.74, 6) is -0.906. The van der Waals surface area contributed by atoms with Crippen LogP contribution in [0.15, 0.2) is 48.8 Å². The second-order valence-corrected chi connectivity index (χ2v) is 7.01. The molecule has 1 aliphatic rings. The van der Waals surface area contributed by atoms with E-state index in [-0.39, 0.29) is 0 Å². The first-order valence-electron chi connectivity index (χ1n) is 9.83. The zero-order chi connectivity index (χ0) is 21.1. The predicted octanol–water partition coefficient (Wildman–Crippen LogP) is 3.34. The highest BCUT2D eigenvalue weighted by Gasteiger charge is 2.27. The minimum Gasteiger partial charge on any atom is -0.353 e. The lowest BCUT2D eigenvalue weighted by atomic mass is 10.1. The van der Waals surface area contributed by atoms with Gasteiger partial charge in [-0.3, -0.25) is 9.78 Å². The number of hydrogen-bond acceptors (Lipinski definition) is 5. The second kappa shape index (κ2) is 8.52. The molecule has 1 fully saturated rings. The van der Waals surface area contributed by atoms with Gasteiger partial charge >= 0.3 is 0 Å². The Kier molecular flexibility index (Phi) is 5.65. The second-order valence-electron chi connectivity index (χ2n) is 7.01. The fourth-order valence-corrected chi connectivity index (χ4v) is 3.46. The summed E-state index contributed by atoms with van der Waals surface area (Å²) in [7, 11) is 0. The Labute approximate surface area is 173 Å². The number of benzene rings is 1. The summed E-state index contributed by atoms with van der Waals surface area (Å²) in [6.45, 7) is 3.75. The fourth-order valence-electron chi connectivity index (χ4n) is 3.46. The summed E-state index contributed by atoms with van der Waals surface area (Å²) < 4.78 is 27.9. The van der Waals surface area contributed by atoms with Crippen molar-refractivity contribution in [3.63, 3.8) is 0 Å². The molecule has 154 valence electrons. The molecule has 1 amide bonds. The van der Waals surface area contributed by atoms with Gasteiger partial charge in [0.05, 0.1) is 0 Å². The van der Waals surface area contributed by atoms with Crippen LogP contribution in [0.25, 0.3) is 11.4 Å². The monoisotopic (exact) mass is 409 g/mol. The van der Waals surface area contributed by atoms with Crippen LogP contribution < -0.4 is 4.90 Å². The van der Waals surface area contributed by atoms with E-state index in [4.69, 9.17) is 4.98 Å². The molecule has 30 heavy (non-hydrogen) atoms. The van der Waals surface area contributed by atoms with E-state index in [0.717, 1.165) is 35.6 Å². The molecule has 0 bridgehead atoms. The van der Waals surface area contributed by atoms with Gasteiger partial charge < -0.3 is 9.80 Å². The van der Waals surface area contributed by atoms with E-state index in [9.17, 15) is 13.6 Å². The molecular formula is C22H21F2N5O. The molecular weight excluding hydrogens is 388 g/mol. The molecule has 0 unspecified atom stereocenters. The average molecular weight is 409 g/mol. The number of pyridine rings is 1. The van der Waals surface area contributed by atoms with Crippen LogP contribution in [0.5, 0.6) is 0 Å². The highest BCUT2D eigenvalue weighted by molar-refractivity contribution is 5.95. The lowest BCUT2D eigenvalue weighted by Crippen LogP contribution is -2.49. The molecule has 1 aromatic carbocycles. The zero-order valence-corrected chi connectivity index (χ0v) is 16.6. The van der Waals surface area contributed by atoms with E-state index in [2.05, 4.69) is 14.9 Å². The Morgan fingerprint density at radius 3 is 2.30 bits per heavy atom. The number of halogens is 2. The molecule has 0 N–H and O–H groups in total. The third-order valence-electron chi connectivity index (χ3n) is 5.13. The van der Waals surface area contributed by atoms with Gasteiger partial charge in [0.15, 0.2) is 5.82 Å². The normalized spacial score (nSPS) is 14.1. The maximum absolute atomic E-state index is 14.0. The van der Waals surface area contributed by atoms with Crippen LogP contribution >= 0.6 is 0 Å². The van der Waals surface area contributed by atoms with Crippen molar-refractivity contribution in [2.45, 2.75) is 13.3 Å². The van der Waals surface area contributed by atoms with Crippen molar-refractivity contribution in [1.29, 1.82) is 0 Å². The molecule has 1 aliphatic heterocycles. The number of carbonyl (C=O) groups is 1. The van der Waals surface area contributed by atoms with Gasteiger partial charge in [-0.25, -0.2) is 18.7 Å². The van der Waals surface area contributed by atoms with Crippen molar-refractivity contribution in [3.05, 3.63) is 71.7 Å². The molecule has 1 saturated heterocycles. The standard InChI is InChI=1S/C22H21F2N5O/c1-2-16-14-19(27-21(26-16)15-6-8-25-9-7-15)28-10-12-29(13-11-28)22(30)20-17(23)4-3-5-18(20)24/h3-9,14H,2,10-13H2,1H3. The van der Waals surface area contributed by atoms with Crippen molar-refractivity contribution in [2.75, 3.05) is 31.1 Å². The number of anilines is 1. The predicted molar refractivity (Wildman–Crippen MR) is 109 cm³/mol. The van der Waals surface area contributed by atoms with Crippen LogP contribution in [0.3, 0.4) is 0 Å². The molecule has 8 heteroatoms. The third-order valence-corrected chi connectivity index (χ3v) is 5.13. The summed E-state index contributed by atoms with van der Waals surface area (Å²) in [5.41, 5.74) is 1.30. The first kappa shape index (κ1) is 19.9. The number of rotatable bonds is 4. The van der Waals surface area contributed by atoms with Crippen LogP contribution in [0.1, 0.15) is 23.0 Å². The van der Waals surface area contributed by atoms with Gasteiger partial charge in [-0.05, 0) is 30.7 Å². The largest absolute Gasteiger partial charge is 0.353 e. The van der Waals surface area contributed by atoms with Crippen LogP contribution in [0, 0.1) is 11.6 Å². The summed E-state index contributed by atoms with van der Waals surface area (Å²) in [5, 5.41) is 0. The number of piperazine rings is 1. The highest BCUT2D eigenvalue weighted by atomic mass is 19.1. The molecule has 3 aromatic rings. The number of aromatic nitrogens is 3. The fraction of sp³-hybridized carbons (Fsp3) is 0.273. The minimum atomic E-state index is -0.840. The third kappa shape index (κ3) is 3.98. The van der Waals surface area contributed by atoms with Crippen LogP contribution in [0.4, 0.5) is 14.6 Å². The van der Waals surface area contributed by atoms with E-state index >= 15 is 0 Å². The molecule has 0 atom stereocenters. The summed E-state index contributed by atoms with van der Waals surface area (Å²) >= 11 is 0. The van der Waals surface area contributed by atoms with Gasteiger partial charge in [0.2, 0.25) is 0 Å². The molecule has 0 saturated carbocycles. The molecule has 6 nitrogen and oxygen atoms in total. The van der Waals surface area contributed by atoms with Gasteiger partial charge in [0, 0.05) is 55.9 Å². The van der Waals surface area contributed by atoms with Crippen molar-refractivity contribution < 1.29 is 13.6 Å². The van der Waals surface area contributed by atoms with Crippen molar-refractivity contribution >= 4 is 11.7 Å². The van der Waals surface area contributed by atoms with Crippen LogP contribution in [0.2, 0.25) is 0 Å². The quantitative estimate of drug-likeness (QED) is 0.661. The Morgan fingerprint density at radius 1 is 1.00 bits per heavy atom. The molecule has 0 radical (unpaired) electrons. The van der Waals surface area contributed by atoms with Gasteiger partial charge in [0.1, 0.15) is 23.0 Å². The molecule has 4 rings (SSSR count). The van der Waals surface area contributed by atoms with E-state index in [1.165, 1.54) is 11.0 Å². The lowest BCUT2D eigenvalue weighted by Gasteiger charge is -2.35. The summed E-state index contributed by atoms with van der Waals surface area (Å²) in [4.78, 5) is 29.5. The minimum absolute atomic E-state index is 0.350. The van der Waals surface area contributed by atoms with E-state index in [1.54, 1.807) is 12.4 Å². The maximum Gasteiger partial charge on any atom is 0.259 e. The van der Waals surface area contributed by atoms with Gasteiger partial charge in [0.25, 0.3) is 5.91 Å². The first-order chi connectivity index (χ1) is 14.6. The number of aryl methyl sites for hydroxylation is 1. The SMILES string of the molecule is CCc1cc(N2CCN(C(=O)c3c(F)cccc3F)CC2)nc(-c2ccncc2)n1. The number of hydrogen-bond donors (Lipinski definition) is 0. The molecule has 3 heterocycles. The van der Waals surface area contributed by atoms with E-state index in [0.29, 0.717) is 32.0 Å². The van der Waals surface area contributed by atoms with Crippen molar-refractivity contribution in [3.8, 4) is 11.4 Å². The number of nitrogens with zero attached hydrogens (tertiary/aromatic N) is 5. The topological polar surface area (TPSA) is 62.2 Å². The van der Waals surface area contributed by atoms with Crippen molar-refractivity contribution in [2.24, 2.45) is 0 Å². The first-order valence-corrected chi connectivity index (χ1v) is 9.83. The summed E-state index contributed by atoms with van der Waals surface area (Å²) in [6, 6.07) is 9.11. The molecule has 0 spiro atoms. The van der Waals surface area contributed by atoms with Gasteiger partial charge in [-0.1, -0.05) is 13.0 Å². The Balaban J connectivity index is 1.52. The van der Waals surface area contributed by atoms with Crippen LogP contribution in [-0.2, 0) is 6.42 Å². The van der Waals surface area contributed by atoms with Gasteiger partial charge in [-0.2, -0.15) is 0 Å². The maximum atomic E-state index is 14.0.